The number of hydrogen-bond acceptors (Lipinski definition) is 4. The second-order valence-electron chi connectivity index (χ2n) is 5.68. The first-order valence-electron chi connectivity index (χ1n) is 7.97. The molecule has 136 valence electrons. The number of halogens is 1. The molecule has 0 bridgehead atoms. The van der Waals surface area contributed by atoms with Crippen molar-refractivity contribution in [3.05, 3.63) is 81.1 Å². The zero-order valence-electron chi connectivity index (χ0n) is 14.1. The van der Waals surface area contributed by atoms with Crippen LogP contribution in [-0.4, -0.2) is 21.6 Å². The van der Waals surface area contributed by atoms with Crippen molar-refractivity contribution in [2.75, 3.05) is 5.32 Å². The lowest BCUT2D eigenvalue weighted by Gasteiger charge is -2.10. The number of benzene rings is 2. The third kappa shape index (κ3) is 4.48. The maximum atomic E-state index is 12.3. The molecule has 0 aliphatic heterocycles. The standard InChI is InChI=1S/C19H15BrN4O3/c20-13-7-5-12(6-8-13)15-9-10-18(26)24(23-15)11-17(25)22-16-4-2-1-3-14(16)19(21)27/h1-10H,11H2,(H2,21,27)(H,22,25). The van der Waals surface area contributed by atoms with Gasteiger partial charge in [0.1, 0.15) is 6.54 Å². The van der Waals surface area contributed by atoms with E-state index in [0.717, 1.165) is 14.7 Å². The van der Waals surface area contributed by atoms with Gasteiger partial charge in [0.2, 0.25) is 5.91 Å². The molecule has 2 aromatic carbocycles. The molecule has 0 saturated carbocycles. The van der Waals surface area contributed by atoms with E-state index >= 15 is 0 Å². The molecule has 8 heteroatoms. The zero-order chi connectivity index (χ0) is 19.4. The van der Waals surface area contributed by atoms with Crippen LogP contribution in [0, 0.1) is 0 Å². The van der Waals surface area contributed by atoms with Crippen molar-refractivity contribution in [3.63, 3.8) is 0 Å². The van der Waals surface area contributed by atoms with Crippen molar-refractivity contribution in [3.8, 4) is 11.3 Å². The molecule has 3 rings (SSSR count). The maximum absolute atomic E-state index is 12.3. The van der Waals surface area contributed by atoms with Crippen LogP contribution in [0.3, 0.4) is 0 Å². The smallest absolute Gasteiger partial charge is 0.267 e. The number of rotatable bonds is 5. The monoisotopic (exact) mass is 426 g/mol. The van der Waals surface area contributed by atoms with E-state index in [1.54, 1.807) is 24.3 Å². The topological polar surface area (TPSA) is 107 Å². The molecule has 0 spiro atoms. The molecule has 0 unspecified atom stereocenters. The molecule has 0 radical (unpaired) electrons. The normalized spacial score (nSPS) is 10.4. The molecule has 7 nitrogen and oxygen atoms in total. The highest BCUT2D eigenvalue weighted by Crippen LogP contribution is 2.19. The lowest BCUT2D eigenvalue weighted by atomic mass is 10.1. The summed E-state index contributed by atoms with van der Waals surface area (Å²) >= 11 is 3.36. The fraction of sp³-hybridized carbons (Fsp3) is 0.0526. The van der Waals surface area contributed by atoms with Crippen LogP contribution in [-0.2, 0) is 11.3 Å². The summed E-state index contributed by atoms with van der Waals surface area (Å²) in [6.07, 6.45) is 0. The number of hydrogen-bond donors (Lipinski definition) is 2. The van der Waals surface area contributed by atoms with Crippen molar-refractivity contribution in [1.29, 1.82) is 0 Å². The molecule has 0 aliphatic rings. The number of primary amides is 1. The second-order valence-corrected chi connectivity index (χ2v) is 6.60. The van der Waals surface area contributed by atoms with Crippen LogP contribution in [0.25, 0.3) is 11.3 Å². The van der Waals surface area contributed by atoms with Crippen LogP contribution in [0.2, 0.25) is 0 Å². The van der Waals surface area contributed by atoms with Gasteiger partial charge in [-0.15, -0.1) is 0 Å². The van der Waals surface area contributed by atoms with E-state index in [-0.39, 0.29) is 17.8 Å². The SMILES string of the molecule is NC(=O)c1ccccc1NC(=O)Cn1nc(-c2ccc(Br)cc2)ccc1=O. The van der Waals surface area contributed by atoms with E-state index in [4.69, 9.17) is 5.73 Å². The summed E-state index contributed by atoms with van der Waals surface area (Å²) in [4.78, 5) is 35.8. The first kappa shape index (κ1) is 18.5. The minimum absolute atomic E-state index is 0.190. The first-order chi connectivity index (χ1) is 12.9. The lowest BCUT2D eigenvalue weighted by Crippen LogP contribution is -2.30. The van der Waals surface area contributed by atoms with Crippen molar-refractivity contribution in [2.45, 2.75) is 6.54 Å². The Morgan fingerprint density at radius 2 is 1.74 bits per heavy atom. The largest absolute Gasteiger partial charge is 0.366 e. The van der Waals surface area contributed by atoms with Gasteiger partial charge in [-0.2, -0.15) is 5.10 Å². The Morgan fingerprint density at radius 3 is 2.44 bits per heavy atom. The zero-order valence-corrected chi connectivity index (χ0v) is 15.6. The summed E-state index contributed by atoms with van der Waals surface area (Å²) in [6.45, 7) is -0.295. The van der Waals surface area contributed by atoms with Gasteiger partial charge in [-0.1, -0.05) is 40.2 Å². The van der Waals surface area contributed by atoms with Crippen LogP contribution in [0.4, 0.5) is 5.69 Å². The highest BCUT2D eigenvalue weighted by Gasteiger charge is 2.12. The molecule has 0 saturated heterocycles. The number of nitrogens with zero attached hydrogens (tertiary/aromatic N) is 2. The van der Waals surface area contributed by atoms with Gasteiger partial charge in [-0.3, -0.25) is 14.4 Å². The number of carbonyl (C=O) groups excluding carboxylic acids is 2. The molecule has 1 heterocycles. The Bertz CT molecular complexity index is 1060. The summed E-state index contributed by atoms with van der Waals surface area (Å²) < 4.78 is 1.99. The molecule has 0 atom stereocenters. The highest BCUT2D eigenvalue weighted by molar-refractivity contribution is 9.10. The summed E-state index contributed by atoms with van der Waals surface area (Å²) in [5.41, 5.74) is 6.74. The number of nitrogens with two attached hydrogens (primary N) is 1. The average Bonchev–Trinajstić information content (AvgIpc) is 2.64. The van der Waals surface area contributed by atoms with E-state index in [2.05, 4.69) is 26.3 Å². The second kappa shape index (κ2) is 7.96. The summed E-state index contributed by atoms with van der Waals surface area (Å²) in [5, 5.41) is 6.84. The molecule has 3 N–H and O–H groups in total. The van der Waals surface area contributed by atoms with Gasteiger partial charge < -0.3 is 11.1 Å². The van der Waals surface area contributed by atoms with Crippen molar-refractivity contribution in [1.82, 2.24) is 9.78 Å². The van der Waals surface area contributed by atoms with Crippen LogP contribution < -0.4 is 16.6 Å². The average molecular weight is 427 g/mol. The molecular formula is C19H15BrN4O3. The van der Waals surface area contributed by atoms with E-state index in [1.165, 1.54) is 12.1 Å². The fourth-order valence-electron chi connectivity index (χ4n) is 2.47. The van der Waals surface area contributed by atoms with E-state index in [0.29, 0.717) is 5.69 Å². The summed E-state index contributed by atoms with van der Waals surface area (Å²) in [7, 11) is 0. The third-order valence-corrected chi connectivity index (χ3v) is 4.30. The number of aromatic nitrogens is 2. The summed E-state index contributed by atoms with van der Waals surface area (Å²) in [6, 6.07) is 16.8. The lowest BCUT2D eigenvalue weighted by molar-refractivity contribution is -0.117. The van der Waals surface area contributed by atoms with Gasteiger partial charge in [0, 0.05) is 16.1 Å². The van der Waals surface area contributed by atoms with Gasteiger partial charge in [0.25, 0.3) is 11.5 Å². The Labute approximate surface area is 163 Å². The molecule has 27 heavy (non-hydrogen) atoms. The Kier molecular flexibility index (Phi) is 5.46. The Balaban J connectivity index is 1.82. The van der Waals surface area contributed by atoms with Crippen LogP contribution in [0.15, 0.2) is 69.9 Å². The van der Waals surface area contributed by atoms with E-state index in [9.17, 15) is 14.4 Å². The molecule has 3 aromatic rings. The predicted octanol–water partition coefficient (Wildman–Crippen LogP) is 2.41. The number of anilines is 1. The van der Waals surface area contributed by atoms with E-state index in [1.807, 2.05) is 24.3 Å². The number of carbonyl (C=O) groups is 2. The van der Waals surface area contributed by atoms with Gasteiger partial charge in [0.15, 0.2) is 0 Å². The molecule has 2 amide bonds. The van der Waals surface area contributed by atoms with Crippen LogP contribution in [0.5, 0.6) is 0 Å². The number of amides is 2. The minimum Gasteiger partial charge on any atom is -0.366 e. The fourth-order valence-corrected chi connectivity index (χ4v) is 2.73. The number of para-hydroxylation sites is 1. The molecule has 0 aliphatic carbocycles. The number of nitrogens with one attached hydrogen (secondary N) is 1. The van der Waals surface area contributed by atoms with E-state index < -0.39 is 17.4 Å². The Hall–Kier alpha value is -3.26. The third-order valence-electron chi connectivity index (χ3n) is 3.77. The van der Waals surface area contributed by atoms with Gasteiger partial charge >= 0.3 is 0 Å². The van der Waals surface area contributed by atoms with Crippen LogP contribution >= 0.6 is 15.9 Å². The predicted molar refractivity (Wildman–Crippen MR) is 105 cm³/mol. The van der Waals surface area contributed by atoms with Gasteiger partial charge in [-0.25, -0.2) is 4.68 Å². The highest BCUT2D eigenvalue weighted by atomic mass is 79.9. The minimum atomic E-state index is -0.654. The van der Waals surface area contributed by atoms with Gasteiger partial charge in [0.05, 0.1) is 16.9 Å². The quantitative estimate of drug-likeness (QED) is 0.652. The summed E-state index contributed by atoms with van der Waals surface area (Å²) in [5.74, 6) is -1.15. The maximum Gasteiger partial charge on any atom is 0.267 e. The molecule has 0 fully saturated rings. The van der Waals surface area contributed by atoms with Crippen LogP contribution in [0.1, 0.15) is 10.4 Å². The first-order valence-corrected chi connectivity index (χ1v) is 8.76. The Morgan fingerprint density at radius 1 is 1.04 bits per heavy atom. The molecular weight excluding hydrogens is 412 g/mol. The van der Waals surface area contributed by atoms with Gasteiger partial charge in [-0.05, 0) is 30.3 Å². The van der Waals surface area contributed by atoms with Crippen molar-refractivity contribution >= 4 is 33.4 Å². The molecule has 1 aromatic heterocycles. The van der Waals surface area contributed by atoms with Crippen molar-refractivity contribution < 1.29 is 9.59 Å². The van der Waals surface area contributed by atoms with Crippen molar-refractivity contribution in [2.24, 2.45) is 5.73 Å².